The Hall–Kier alpha value is -4.66. The fourth-order valence-electron chi connectivity index (χ4n) is 5.55. The minimum absolute atomic E-state index is 0.0891. The number of esters is 1. The van der Waals surface area contributed by atoms with Crippen LogP contribution in [0.5, 0.6) is 0 Å². The number of benzene rings is 2. The summed E-state index contributed by atoms with van der Waals surface area (Å²) in [7, 11) is 0. The number of pyridine rings is 1. The second-order valence-corrected chi connectivity index (χ2v) is 12.4. The molecule has 4 aromatic rings. The Morgan fingerprint density at radius 3 is 2.36 bits per heavy atom. The first-order chi connectivity index (χ1) is 20.8. The van der Waals surface area contributed by atoms with Crippen LogP contribution in [0, 0.1) is 13.8 Å². The van der Waals surface area contributed by atoms with Gasteiger partial charge in [0.15, 0.2) is 11.2 Å². The van der Waals surface area contributed by atoms with Crippen molar-refractivity contribution < 1.29 is 18.7 Å². The Morgan fingerprint density at radius 2 is 1.73 bits per heavy atom. The number of para-hydroxylation sites is 1. The van der Waals surface area contributed by atoms with Crippen molar-refractivity contribution in [3.63, 3.8) is 0 Å². The SMILES string of the molecule is CC(=O)N1CCN(c2ccc(-c3oc4c([C@@H](C)Nc5ccccc5C(=O)OC(C)(C)C)cc(C)cc4c(=O)c3C)nc2)CC1. The van der Waals surface area contributed by atoms with E-state index < -0.39 is 11.6 Å². The lowest BCUT2D eigenvalue weighted by atomic mass is 9.99. The lowest BCUT2D eigenvalue weighted by Gasteiger charge is -2.35. The standard InChI is InChI=1S/C35H40N4O5/c1-21-18-27(23(3)37-29-11-9-8-10-26(29)34(42)44-35(5,6)7)33-28(19-21)31(41)22(2)32(43-33)30-13-12-25(20-36-30)39-16-14-38(15-17-39)24(4)40/h8-13,18-20,23,37H,14-17H2,1-7H3/t23-/m1/s1. The van der Waals surface area contributed by atoms with Gasteiger partial charge in [-0.15, -0.1) is 0 Å². The maximum Gasteiger partial charge on any atom is 0.340 e. The number of aryl methyl sites for hydroxylation is 1. The molecule has 0 spiro atoms. The van der Waals surface area contributed by atoms with Crippen molar-refractivity contribution in [1.29, 1.82) is 0 Å². The van der Waals surface area contributed by atoms with Crippen molar-refractivity contribution in [2.75, 3.05) is 36.4 Å². The summed E-state index contributed by atoms with van der Waals surface area (Å²) in [6.45, 7) is 15.6. The van der Waals surface area contributed by atoms with Gasteiger partial charge in [-0.3, -0.25) is 14.6 Å². The maximum atomic E-state index is 13.7. The molecule has 0 bridgehead atoms. The molecule has 230 valence electrons. The quantitative estimate of drug-likeness (QED) is 0.260. The zero-order valence-electron chi connectivity index (χ0n) is 26.5. The first kappa shape index (κ1) is 30.8. The maximum absolute atomic E-state index is 13.7. The normalized spacial score (nSPS) is 14.4. The molecule has 1 amide bonds. The highest BCUT2D eigenvalue weighted by Gasteiger charge is 2.24. The number of ether oxygens (including phenoxy) is 1. The van der Waals surface area contributed by atoms with Crippen LogP contribution < -0.4 is 15.6 Å². The third-order valence-corrected chi connectivity index (χ3v) is 7.85. The molecule has 44 heavy (non-hydrogen) atoms. The molecule has 2 aromatic carbocycles. The van der Waals surface area contributed by atoms with E-state index in [1.807, 2.05) is 75.9 Å². The summed E-state index contributed by atoms with van der Waals surface area (Å²) < 4.78 is 12.2. The van der Waals surface area contributed by atoms with E-state index in [4.69, 9.17) is 9.15 Å². The van der Waals surface area contributed by atoms with Crippen molar-refractivity contribution in [1.82, 2.24) is 9.88 Å². The van der Waals surface area contributed by atoms with Crippen molar-refractivity contribution in [2.45, 2.75) is 60.1 Å². The summed E-state index contributed by atoms with van der Waals surface area (Å²) in [5.74, 6) is 0.0924. The summed E-state index contributed by atoms with van der Waals surface area (Å²) in [5.41, 5.74) is 4.50. The molecule has 1 aliphatic rings. The third kappa shape index (κ3) is 6.46. The van der Waals surface area contributed by atoms with E-state index in [1.54, 1.807) is 32.2 Å². The first-order valence-corrected chi connectivity index (χ1v) is 15.0. The number of piperazine rings is 1. The average Bonchev–Trinajstić information content (AvgIpc) is 2.98. The van der Waals surface area contributed by atoms with Gasteiger partial charge in [0, 0.05) is 49.9 Å². The van der Waals surface area contributed by atoms with Gasteiger partial charge >= 0.3 is 5.97 Å². The van der Waals surface area contributed by atoms with E-state index in [1.165, 1.54) is 0 Å². The Kier molecular flexibility index (Phi) is 8.50. The number of nitrogens with one attached hydrogen (secondary N) is 1. The second kappa shape index (κ2) is 12.1. The molecular weight excluding hydrogens is 556 g/mol. The Morgan fingerprint density at radius 1 is 1.02 bits per heavy atom. The molecule has 1 N–H and O–H groups in total. The van der Waals surface area contributed by atoms with E-state index in [9.17, 15) is 14.4 Å². The van der Waals surface area contributed by atoms with Crippen LogP contribution in [-0.4, -0.2) is 53.5 Å². The number of anilines is 2. The van der Waals surface area contributed by atoms with E-state index >= 15 is 0 Å². The number of carbonyl (C=O) groups excluding carboxylic acids is 2. The molecule has 0 radical (unpaired) electrons. The number of nitrogens with zero attached hydrogens (tertiary/aromatic N) is 3. The number of rotatable bonds is 6. The Bertz CT molecular complexity index is 1760. The molecule has 1 fully saturated rings. The van der Waals surface area contributed by atoms with Crippen molar-refractivity contribution in [2.24, 2.45) is 0 Å². The van der Waals surface area contributed by atoms with Gasteiger partial charge in [0.2, 0.25) is 5.91 Å². The van der Waals surface area contributed by atoms with Crippen molar-refractivity contribution >= 4 is 34.2 Å². The van der Waals surface area contributed by atoms with Crippen LogP contribution in [0.2, 0.25) is 0 Å². The van der Waals surface area contributed by atoms with Gasteiger partial charge < -0.3 is 24.3 Å². The van der Waals surface area contributed by atoms with Crippen LogP contribution in [0.25, 0.3) is 22.4 Å². The number of fused-ring (bicyclic) bond motifs is 1. The fourth-order valence-corrected chi connectivity index (χ4v) is 5.55. The van der Waals surface area contributed by atoms with E-state index in [-0.39, 0.29) is 17.4 Å². The minimum Gasteiger partial charge on any atom is -0.456 e. The summed E-state index contributed by atoms with van der Waals surface area (Å²) in [6.07, 6.45) is 1.79. The van der Waals surface area contributed by atoms with E-state index in [0.29, 0.717) is 52.3 Å². The molecule has 5 rings (SSSR count). The highest BCUT2D eigenvalue weighted by molar-refractivity contribution is 5.96. The summed E-state index contributed by atoms with van der Waals surface area (Å²) in [4.78, 5) is 47.1. The van der Waals surface area contributed by atoms with Gasteiger partial charge in [-0.05, 0) is 77.4 Å². The zero-order valence-corrected chi connectivity index (χ0v) is 26.5. The van der Waals surface area contributed by atoms with Gasteiger partial charge in [0.05, 0.1) is 28.9 Å². The summed E-state index contributed by atoms with van der Waals surface area (Å²) in [5, 5.41) is 3.95. The molecule has 0 aliphatic carbocycles. The van der Waals surface area contributed by atoms with Gasteiger partial charge in [0.1, 0.15) is 16.9 Å². The third-order valence-electron chi connectivity index (χ3n) is 7.85. The van der Waals surface area contributed by atoms with Gasteiger partial charge in [0.25, 0.3) is 0 Å². The molecule has 1 saturated heterocycles. The molecule has 1 aliphatic heterocycles. The Labute approximate surface area is 257 Å². The predicted octanol–water partition coefficient (Wildman–Crippen LogP) is 6.27. The summed E-state index contributed by atoms with van der Waals surface area (Å²) in [6, 6.07) is 14.6. The topological polar surface area (TPSA) is 105 Å². The van der Waals surface area contributed by atoms with Crippen LogP contribution >= 0.6 is 0 Å². The molecule has 3 heterocycles. The largest absolute Gasteiger partial charge is 0.456 e. The molecule has 1 atom stereocenters. The average molecular weight is 597 g/mol. The monoisotopic (exact) mass is 596 g/mol. The number of aromatic nitrogens is 1. The van der Waals surface area contributed by atoms with Gasteiger partial charge in [-0.1, -0.05) is 18.2 Å². The minimum atomic E-state index is -0.628. The lowest BCUT2D eigenvalue weighted by molar-refractivity contribution is -0.129. The first-order valence-electron chi connectivity index (χ1n) is 15.0. The van der Waals surface area contributed by atoms with Crippen LogP contribution in [0.1, 0.15) is 67.7 Å². The van der Waals surface area contributed by atoms with E-state index in [2.05, 4.69) is 15.2 Å². The summed E-state index contributed by atoms with van der Waals surface area (Å²) >= 11 is 0. The molecule has 9 heteroatoms. The molecule has 2 aromatic heterocycles. The molecule has 9 nitrogen and oxygen atoms in total. The smallest absolute Gasteiger partial charge is 0.340 e. The van der Waals surface area contributed by atoms with Crippen molar-refractivity contribution in [3.8, 4) is 11.5 Å². The zero-order chi connectivity index (χ0) is 31.8. The molecule has 0 saturated carbocycles. The highest BCUT2D eigenvalue weighted by Crippen LogP contribution is 2.33. The van der Waals surface area contributed by atoms with Gasteiger partial charge in [-0.25, -0.2) is 4.79 Å². The number of carbonyl (C=O) groups is 2. The molecule has 0 unspecified atom stereocenters. The van der Waals surface area contributed by atoms with Crippen molar-refractivity contribution in [3.05, 3.63) is 87.2 Å². The number of hydrogen-bond donors (Lipinski definition) is 1. The lowest BCUT2D eigenvalue weighted by Crippen LogP contribution is -2.48. The number of amides is 1. The van der Waals surface area contributed by atoms with Crippen LogP contribution in [0.15, 0.2) is 63.9 Å². The number of hydrogen-bond acceptors (Lipinski definition) is 8. The van der Waals surface area contributed by atoms with Crippen LogP contribution in [-0.2, 0) is 9.53 Å². The molecular formula is C35H40N4O5. The van der Waals surface area contributed by atoms with E-state index in [0.717, 1.165) is 29.9 Å². The van der Waals surface area contributed by atoms with Crippen LogP contribution in [0.4, 0.5) is 11.4 Å². The Balaban J connectivity index is 1.48. The second-order valence-electron chi connectivity index (χ2n) is 12.4. The highest BCUT2D eigenvalue weighted by atomic mass is 16.6. The van der Waals surface area contributed by atoms with Crippen LogP contribution in [0.3, 0.4) is 0 Å². The fraction of sp³-hybridized carbons (Fsp3) is 0.371. The predicted molar refractivity (Wildman–Crippen MR) is 173 cm³/mol. The van der Waals surface area contributed by atoms with Gasteiger partial charge in [-0.2, -0.15) is 0 Å².